The molecule has 1 saturated carbocycles. The predicted octanol–water partition coefficient (Wildman–Crippen LogP) is 3.35. The summed E-state index contributed by atoms with van der Waals surface area (Å²) in [5, 5.41) is 12.5. The van der Waals surface area contributed by atoms with E-state index in [1.165, 1.54) is 19.3 Å². The van der Waals surface area contributed by atoms with Gasteiger partial charge in [-0.2, -0.15) is 0 Å². The third-order valence-corrected chi connectivity index (χ3v) is 4.10. The number of carboxylic acids is 1. The van der Waals surface area contributed by atoms with E-state index in [2.05, 4.69) is 12.2 Å². The molecule has 0 unspecified atom stereocenters. The van der Waals surface area contributed by atoms with Crippen molar-refractivity contribution in [3.05, 3.63) is 23.8 Å². The van der Waals surface area contributed by atoms with Gasteiger partial charge in [0.15, 0.2) is 0 Å². The molecule has 1 aliphatic rings. The smallest absolute Gasteiger partial charge is 0.337 e. The molecule has 104 valence electrons. The summed E-state index contributed by atoms with van der Waals surface area (Å²) in [6.07, 6.45) is 5.84. The molecule has 0 saturated heterocycles. The lowest BCUT2D eigenvalue weighted by Gasteiger charge is -2.30. The molecule has 0 radical (unpaired) electrons. The van der Waals surface area contributed by atoms with Gasteiger partial charge in [0, 0.05) is 6.04 Å². The van der Waals surface area contributed by atoms with Crippen LogP contribution >= 0.6 is 0 Å². The van der Waals surface area contributed by atoms with Gasteiger partial charge in [-0.3, -0.25) is 0 Å². The van der Waals surface area contributed by atoms with Crippen molar-refractivity contribution in [3.8, 4) is 0 Å². The Morgan fingerprint density at radius 3 is 2.63 bits per heavy atom. The Morgan fingerprint density at radius 1 is 1.37 bits per heavy atom. The van der Waals surface area contributed by atoms with Crippen LogP contribution < -0.4 is 11.1 Å². The maximum atomic E-state index is 11.2. The van der Waals surface area contributed by atoms with Gasteiger partial charge in [0.1, 0.15) is 0 Å². The molecule has 0 aliphatic heterocycles. The minimum atomic E-state index is -0.933. The fourth-order valence-electron chi connectivity index (χ4n) is 2.83. The maximum Gasteiger partial charge on any atom is 0.337 e. The summed E-state index contributed by atoms with van der Waals surface area (Å²) in [6, 6.07) is 5.36. The van der Waals surface area contributed by atoms with Gasteiger partial charge >= 0.3 is 5.97 Å². The summed E-state index contributed by atoms with van der Waals surface area (Å²) in [6.45, 7) is 2.23. The molecule has 1 aromatic carbocycles. The highest BCUT2D eigenvalue weighted by Crippen LogP contribution is 2.31. The van der Waals surface area contributed by atoms with E-state index in [0.717, 1.165) is 18.8 Å². The number of nitrogens with two attached hydrogens (primary N) is 1. The third kappa shape index (κ3) is 3.19. The molecule has 19 heavy (non-hydrogen) atoms. The first-order valence-electron chi connectivity index (χ1n) is 7.00. The Hall–Kier alpha value is -1.71. The second kappa shape index (κ2) is 5.95. The average Bonchev–Trinajstić information content (AvgIpc) is 2.41. The van der Waals surface area contributed by atoms with Gasteiger partial charge in [-0.1, -0.05) is 19.4 Å². The van der Waals surface area contributed by atoms with Crippen LogP contribution in [0.5, 0.6) is 0 Å². The van der Waals surface area contributed by atoms with Crippen molar-refractivity contribution < 1.29 is 9.90 Å². The number of rotatable bonds is 4. The van der Waals surface area contributed by atoms with Gasteiger partial charge in [-0.15, -0.1) is 0 Å². The number of aromatic carboxylic acids is 1. The van der Waals surface area contributed by atoms with E-state index in [4.69, 9.17) is 5.73 Å². The first-order valence-corrected chi connectivity index (χ1v) is 7.00. The Bertz CT molecular complexity index is 451. The SMILES string of the molecule is CCC1CCC(Nc2c(N)cccc2C(=O)O)CC1. The van der Waals surface area contributed by atoms with E-state index >= 15 is 0 Å². The van der Waals surface area contributed by atoms with Crippen molar-refractivity contribution in [2.24, 2.45) is 5.92 Å². The number of nitrogen functional groups attached to an aromatic ring is 1. The first-order chi connectivity index (χ1) is 9.11. The highest BCUT2D eigenvalue weighted by Gasteiger charge is 2.22. The van der Waals surface area contributed by atoms with Gasteiger partial charge in [0.05, 0.1) is 16.9 Å². The number of hydrogen-bond donors (Lipinski definition) is 3. The number of benzene rings is 1. The number of carbonyl (C=O) groups is 1. The fraction of sp³-hybridized carbons (Fsp3) is 0.533. The molecular weight excluding hydrogens is 240 g/mol. The standard InChI is InChI=1S/C15H22N2O2/c1-2-10-6-8-11(9-7-10)17-14-12(15(18)19)4-3-5-13(14)16/h3-5,10-11,17H,2,6-9,16H2,1H3,(H,18,19). The summed E-state index contributed by atoms with van der Waals surface area (Å²) >= 11 is 0. The Balaban J connectivity index is 2.09. The lowest BCUT2D eigenvalue weighted by Crippen LogP contribution is -2.27. The molecule has 4 nitrogen and oxygen atoms in total. The molecule has 1 aliphatic carbocycles. The van der Waals surface area contributed by atoms with Crippen molar-refractivity contribution in [1.29, 1.82) is 0 Å². The zero-order valence-electron chi connectivity index (χ0n) is 11.4. The van der Waals surface area contributed by atoms with Crippen molar-refractivity contribution in [1.82, 2.24) is 0 Å². The highest BCUT2D eigenvalue weighted by molar-refractivity contribution is 5.97. The molecule has 0 heterocycles. The summed E-state index contributed by atoms with van der Waals surface area (Å²) in [4.78, 5) is 11.2. The van der Waals surface area contributed by atoms with E-state index in [0.29, 0.717) is 17.4 Å². The number of anilines is 2. The Labute approximate surface area is 114 Å². The maximum absolute atomic E-state index is 11.2. The third-order valence-electron chi connectivity index (χ3n) is 4.10. The summed E-state index contributed by atoms with van der Waals surface area (Å²) in [7, 11) is 0. The van der Waals surface area contributed by atoms with Gasteiger partial charge in [0.2, 0.25) is 0 Å². The minimum absolute atomic E-state index is 0.262. The zero-order valence-corrected chi connectivity index (χ0v) is 11.4. The van der Waals surface area contributed by atoms with Gasteiger partial charge in [-0.05, 0) is 43.7 Å². The topological polar surface area (TPSA) is 75.3 Å². The number of hydrogen-bond acceptors (Lipinski definition) is 3. The second-order valence-corrected chi connectivity index (χ2v) is 5.35. The Morgan fingerprint density at radius 2 is 2.05 bits per heavy atom. The quantitative estimate of drug-likeness (QED) is 0.727. The van der Waals surface area contributed by atoms with Gasteiger partial charge in [0.25, 0.3) is 0 Å². The molecule has 1 fully saturated rings. The zero-order chi connectivity index (χ0) is 13.8. The number of para-hydroxylation sites is 1. The van der Waals surface area contributed by atoms with Crippen molar-refractivity contribution in [3.63, 3.8) is 0 Å². The number of nitrogens with one attached hydrogen (secondary N) is 1. The van der Waals surface area contributed by atoms with Crippen LogP contribution in [0, 0.1) is 5.92 Å². The van der Waals surface area contributed by atoms with Gasteiger partial charge in [-0.25, -0.2) is 4.79 Å². The van der Waals surface area contributed by atoms with Crippen LogP contribution in [0.15, 0.2) is 18.2 Å². The van der Waals surface area contributed by atoms with Crippen LogP contribution in [0.1, 0.15) is 49.4 Å². The average molecular weight is 262 g/mol. The summed E-state index contributed by atoms with van der Waals surface area (Å²) in [5.41, 5.74) is 7.26. The first kappa shape index (κ1) is 13.7. The predicted molar refractivity (Wildman–Crippen MR) is 77.5 cm³/mol. The molecule has 2 rings (SSSR count). The monoisotopic (exact) mass is 262 g/mol. The molecule has 1 aromatic rings. The largest absolute Gasteiger partial charge is 0.478 e. The lowest BCUT2D eigenvalue weighted by atomic mass is 9.84. The van der Waals surface area contributed by atoms with E-state index in [1.54, 1.807) is 18.2 Å². The molecule has 0 spiro atoms. The van der Waals surface area contributed by atoms with Crippen molar-refractivity contribution >= 4 is 17.3 Å². The Kier molecular flexibility index (Phi) is 4.30. The lowest BCUT2D eigenvalue weighted by molar-refractivity contribution is 0.0698. The van der Waals surface area contributed by atoms with Crippen molar-refractivity contribution in [2.45, 2.75) is 45.1 Å². The molecular formula is C15H22N2O2. The van der Waals surface area contributed by atoms with E-state index in [1.807, 2.05) is 0 Å². The van der Waals surface area contributed by atoms with Crippen LogP contribution in [0.3, 0.4) is 0 Å². The van der Waals surface area contributed by atoms with Crippen LogP contribution in [-0.4, -0.2) is 17.1 Å². The van der Waals surface area contributed by atoms with E-state index < -0.39 is 5.97 Å². The minimum Gasteiger partial charge on any atom is -0.478 e. The molecule has 0 bridgehead atoms. The van der Waals surface area contributed by atoms with Crippen LogP contribution in [-0.2, 0) is 0 Å². The highest BCUT2D eigenvalue weighted by atomic mass is 16.4. The van der Waals surface area contributed by atoms with E-state index in [-0.39, 0.29) is 5.56 Å². The number of carboxylic acid groups (broad SMARTS) is 1. The molecule has 0 aromatic heterocycles. The fourth-order valence-corrected chi connectivity index (χ4v) is 2.83. The van der Waals surface area contributed by atoms with Gasteiger partial charge < -0.3 is 16.2 Å². The molecule has 4 N–H and O–H groups in total. The molecule has 0 amide bonds. The van der Waals surface area contributed by atoms with Crippen LogP contribution in [0.2, 0.25) is 0 Å². The normalized spacial score (nSPS) is 23.0. The molecule has 0 atom stereocenters. The van der Waals surface area contributed by atoms with Crippen molar-refractivity contribution in [2.75, 3.05) is 11.1 Å². The summed E-state index contributed by atoms with van der Waals surface area (Å²) in [5.74, 6) is -0.109. The van der Waals surface area contributed by atoms with E-state index in [9.17, 15) is 9.90 Å². The summed E-state index contributed by atoms with van der Waals surface area (Å²) < 4.78 is 0. The molecule has 4 heteroatoms. The van der Waals surface area contributed by atoms with Crippen LogP contribution in [0.25, 0.3) is 0 Å². The second-order valence-electron chi connectivity index (χ2n) is 5.35. The van der Waals surface area contributed by atoms with Crippen LogP contribution in [0.4, 0.5) is 11.4 Å².